The Bertz CT molecular complexity index is 955. The van der Waals surface area contributed by atoms with Gasteiger partial charge in [0.25, 0.3) is 0 Å². The molecule has 0 spiro atoms. The van der Waals surface area contributed by atoms with Crippen molar-refractivity contribution in [2.75, 3.05) is 18.5 Å². The minimum atomic E-state index is -0.0719. The zero-order chi connectivity index (χ0) is 20.0. The molecule has 1 aliphatic carbocycles. The number of phenolic OH excluding ortho intramolecular Hbond substituents is 1. The Morgan fingerprint density at radius 2 is 2.07 bits per heavy atom. The lowest BCUT2D eigenvalue weighted by molar-refractivity contribution is 0.0679. The molecule has 2 heterocycles. The van der Waals surface area contributed by atoms with E-state index in [-0.39, 0.29) is 34.8 Å². The van der Waals surface area contributed by atoms with Gasteiger partial charge in [0.15, 0.2) is 0 Å². The molecule has 152 valence electrons. The van der Waals surface area contributed by atoms with Gasteiger partial charge in [-0.25, -0.2) is 0 Å². The van der Waals surface area contributed by atoms with Crippen molar-refractivity contribution < 1.29 is 14.6 Å². The molecule has 1 saturated heterocycles. The lowest BCUT2D eigenvalue weighted by Gasteiger charge is -2.38. The van der Waals surface area contributed by atoms with Crippen molar-refractivity contribution in [3.8, 4) is 11.5 Å². The highest BCUT2D eigenvalue weighted by Crippen LogP contribution is 2.52. The van der Waals surface area contributed by atoms with Gasteiger partial charge in [0.05, 0.1) is 17.2 Å². The average molecular weight is 432 g/mol. The normalized spacial score (nSPS) is 27.4. The summed E-state index contributed by atoms with van der Waals surface area (Å²) in [6.07, 6.45) is 7.76. The molecule has 2 aromatic rings. The van der Waals surface area contributed by atoms with Gasteiger partial charge in [-0.2, -0.15) is 0 Å². The molecule has 5 rings (SSSR count). The van der Waals surface area contributed by atoms with Crippen LogP contribution < -0.4 is 10.1 Å². The summed E-state index contributed by atoms with van der Waals surface area (Å²) in [5, 5.41) is 15.0. The van der Waals surface area contributed by atoms with Crippen molar-refractivity contribution in [1.29, 1.82) is 0 Å². The molecule has 29 heavy (non-hydrogen) atoms. The van der Waals surface area contributed by atoms with Gasteiger partial charge >= 0.3 is 0 Å². The molecular formula is C23H23Cl2NO3. The first-order chi connectivity index (χ1) is 14.1. The number of allylic oxidation sites excluding steroid dienone is 2. The van der Waals surface area contributed by atoms with Crippen molar-refractivity contribution >= 4 is 28.9 Å². The maximum Gasteiger partial charge on any atom is 0.139 e. The second-order valence-corrected chi connectivity index (χ2v) is 8.84. The monoisotopic (exact) mass is 431 g/mol. The Kier molecular flexibility index (Phi) is 5.10. The van der Waals surface area contributed by atoms with Gasteiger partial charge in [-0.1, -0.05) is 35.4 Å². The third-order valence-electron chi connectivity index (χ3n) is 6.19. The number of aromatic hydroxyl groups is 1. The maximum atomic E-state index is 10.6. The number of phenols is 1. The lowest BCUT2D eigenvalue weighted by atomic mass is 9.77. The van der Waals surface area contributed by atoms with E-state index in [0.29, 0.717) is 11.6 Å². The highest BCUT2D eigenvalue weighted by atomic mass is 35.5. The molecule has 0 saturated carbocycles. The molecular weight excluding hydrogens is 409 g/mol. The SMILES string of the molecule is Oc1c(Cl)cc(Cl)cc1C1Nc2ccc(OCC3CCCO3)cc2C2C=CCC21. The van der Waals surface area contributed by atoms with Gasteiger partial charge in [0.2, 0.25) is 0 Å². The molecule has 6 heteroatoms. The van der Waals surface area contributed by atoms with E-state index in [4.69, 9.17) is 32.7 Å². The fraction of sp³-hybridized carbons (Fsp3) is 0.391. The molecule has 4 unspecified atom stereocenters. The fourth-order valence-electron chi connectivity index (χ4n) is 4.76. The third-order valence-corrected chi connectivity index (χ3v) is 6.69. The van der Waals surface area contributed by atoms with Crippen molar-refractivity contribution in [3.05, 3.63) is 63.7 Å². The first-order valence-corrected chi connectivity index (χ1v) is 10.8. The van der Waals surface area contributed by atoms with Gasteiger partial charge < -0.3 is 19.9 Å². The summed E-state index contributed by atoms with van der Waals surface area (Å²) in [6, 6.07) is 9.48. The van der Waals surface area contributed by atoms with E-state index in [9.17, 15) is 5.11 Å². The first kappa shape index (κ1) is 19.1. The van der Waals surface area contributed by atoms with Crippen LogP contribution in [-0.2, 0) is 4.74 Å². The predicted molar refractivity (Wildman–Crippen MR) is 115 cm³/mol. The summed E-state index contributed by atoms with van der Waals surface area (Å²) in [5.41, 5.74) is 3.01. The quantitative estimate of drug-likeness (QED) is 0.575. The Morgan fingerprint density at radius 1 is 1.17 bits per heavy atom. The van der Waals surface area contributed by atoms with Crippen LogP contribution in [0.15, 0.2) is 42.5 Å². The summed E-state index contributed by atoms with van der Waals surface area (Å²) in [4.78, 5) is 0. The van der Waals surface area contributed by atoms with Crippen LogP contribution in [0.4, 0.5) is 5.69 Å². The molecule has 4 nitrogen and oxygen atoms in total. The topological polar surface area (TPSA) is 50.7 Å². The van der Waals surface area contributed by atoms with Crippen molar-refractivity contribution in [2.24, 2.45) is 5.92 Å². The second-order valence-electron chi connectivity index (χ2n) is 8.00. The molecule has 0 radical (unpaired) electrons. The number of fused-ring (bicyclic) bond motifs is 3. The maximum absolute atomic E-state index is 10.6. The van der Waals surface area contributed by atoms with E-state index in [1.54, 1.807) is 12.1 Å². The Balaban J connectivity index is 1.44. The number of hydrogen-bond donors (Lipinski definition) is 2. The molecule has 0 aromatic heterocycles. The minimum Gasteiger partial charge on any atom is -0.506 e. The van der Waals surface area contributed by atoms with Crippen LogP contribution in [0.5, 0.6) is 11.5 Å². The smallest absolute Gasteiger partial charge is 0.139 e. The number of rotatable bonds is 4. The summed E-state index contributed by atoms with van der Waals surface area (Å²) >= 11 is 12.4. The van der Waals surface area contributed by atoms with Gasteiger partial charge in [-0.05, 0) is 61.1 Å². The number of benzene rings is 2. The second kappa shape index (κ2) is 7.75. The van der Waals surface area contributed by atoms with Crippen molar-refractivity contribution in [1.82, 2.24) is 0 Å². The summed E-state index contributed by atoms with van der Waals surface area (Å²) in [7, 11) is 0. The highest BCUT2D eigenvalue weighted by Gasteiger charge is 2.39. The van der Waals surface area contributed by atoms with E-state index in [0.717, 1.165) is 42.9 Å². The van der Waals surface area contributed by atoms with Crippen molar-refractivity contribution in [3.63, 3.8) is 0 Å². The highest BCUT2D eigenvalue weighted by molar-refractivity contribution is 6.35. The minimum absolute atomic E-state index is 0.0719. The van der Waals surface area contributed by atoms with Crippen LogP contribution in [0.1, 0.15) is 42.3 Å². The van der Waals surface area contributed by atoms with E-state index in [1.165, 1.54) is 5.56 Å². The van der Waals surface area contributed by atoms with E-state index < -0.39 is 0 Å². The van der Waals surface area contributed by atoms with Crippen molar-refractivity contribution in [2.45, 2.75) is 37.3 Å². The standard InChI is InChI=1S/C23H23Cl2NO3/c24-13-9-19(23(27)20(25)10-13)22-17-5-1-4-16(17)18-11-14(6-7-21(18)26-22)29-12-15-3-2-8-28-15/h1,4,6-7,9-11,15-17,22,26-27H,2-3,5,8,12H2. The molecule has 2 aliphatic heterocycles. The van der Waals surface area contributed by atoms with Crippen LogP contribution in [-0.4, -0.2) is 24.4 Å². The zero-order valence-corrected chi connectivity index (χ0v) is 17.4. The zero-order valence-electron chi connectivity index (χ0n) is 15.9. The Labute approximate surface area is 180 Å². The summed E-state index contributed by atoms with van der Waals surface area (Å²) < 4.78 is 11.7. The van der Waals surface area contributed by atoms with E-state index in [1.807, 2.05) is 6.07 Å². The number of nitrogens with one attached hydrogen (secondary N) is 1. The number of hydrogen-bond acceptors (Lipinski definition) is 4. The predicted octanol–water partition coefficient (Wildman–Crippen LogP) is 6.08. The first-order valence-electron chi connectivity index (χ1n) is 10.1. The molecule has 0 bridgehead atoms. The number of anilines is 1. The largest absolute Gasteiger partial charge is 0.506 e. The van der Waals surface area contributed by atoms with Gasteiger partial charge in [0, 0.05) is 28.8 Å². The van der Waals surface area contributed by atoms with Crippen LogP contribution in [0, 0.1) is 5.92 Å². The summed E-state index contributed by atoms with van der Waals surface area (Å²) in [5.74, 6) is 1.49. The van der Waals surface area contributed by atoms with Gasteiger partial charge in [-0.3, -0.25) is 0 Å². The molecule has 2 aromatic carbocycles. The molecule has 0 amide bonds. The van der Waals surface area contributed by atoms with Gasteiger partial charge in [0.1, 0.15) is 18.1 Å². The molecule has 4 atom stereocenters. The Morgan fingerprint density at radius 3 is 2.90 bits per heavy atom. The molecule has 3 aliphatic rings. The van der Waals surface area contributed by atoms with Gasteiger partial charge in [-0.15, -0.1) is 0 Å². The van der Waals surface area contributed by atoms with Crippen LogP contribution in [0.25, 0.3) is 0 Å². The molecule has 1 fully saturated rings. The fourth-order valence-corrected chi connectivity index (χ4v) is 5.27. The average Bonchev–Trinajstić information content (AvgIpc) is 3.40. The lowest BCUT2D eigenvalue weighted by Crippen LogP contribution is -2.29. The Hall–Kier alpha value is -1.88. The van der Waals surface area contributed by atoms with E-state index >= 15 is 0 Å². The van der Waals surface area contributed by atoms with Crippen LogP contribution in [0.3, 0.4) is 0 Å². The van der Waals surface area contributed by atoms with Crippen LogP contribution in [0.2, 0.25) is 10.0 Å². The van der Waals surface area contributed by atoms with Crippen LogP contribution >= 0.6 is 23.2 Å². The number of halogens is 2. The molecule has 2 N–H and O–H groups in total. The van der Waals surface area contributed by atoms with E-state index in [2.05, 4.69) is 29.6 Å². The number of ether oxygens (including phenoxy) is 2. The third kappa shape index (κ3) is 3.58. The summed E-state index contributed by atoms with van der Waals surface area (Å²) in [6.45, 7) is 1.42.